The van der Waals surface area contributed by atoms with Gasteiger partial charge in [-0.1, -0.05) is 18.6 Å². The molecule has 0 aliphatic carbocycles. The van der Waals surface area contributed by atoms with E-state index in [-0.39, 0.29) is 0 Å². The van der Waals surface area contributed by atoms with E-state index in [1.54, 1.807) is 13.1 Å². The fourth-order valence-electron chi connectivity index (χ4n) is 1.69. The molecule has 2 heterocycles. The number of unbranched alkanes of at least 4 members (excludes halogenated alkanes) is 1. The van der Waals surface area contributed by atoms with Gasteiger partial charge in [0, 0.05) is 0 Å². The lowest BCUT2D eigenvalue weighted by Gasteiger charge is -2.01. The minimum absolute atomic E-state index is 0.322. The Morgan fingerprint density at radius 3 is 3.05 bits per heavy atom. The van der Waals surface area contributed by atoms with Crippen molar-refractivity contribution in [3.8, 4) is 5.82 Å². The third-order valence-electron chi connectivity index (χ3n) is 2.67. The Hall–Kier alpha value is -2.18. The van der Waals surface area contributed by atoms with E-state index >= 15 is 0 Å². The van der Waals surface area contributed by atoms with Crippen molar-refractivity contribution in [2.75, 3.05) is 6.61 Å². The molecular weight excluding hydrogens is 246 g/mol. The van der Waals surface area contributed by atoms with Gasteiger partial charge in [0.2, 0.25) is 0 Å². The zero-order valence-electron chi connectivity index (χ0n) is 11.1. The van der Waals surface area contributed by atoms with E-state index < -0.39 is 5.97 Å². The van der Waals surface area contributed by atoms with E-state index in [0.29, 0.717) is 18.0 Å². The monoisotopic (exact) mass is 263 g/mol. The number of aromatic amines is 1. The molecule has 102 valence electrons. The van der Waals surface area contributed by atoms with Gasteiger partial charge in [-0.15, -0.1) is 5.10 Å². The molecule has 0 spiro atoms. The van der Waals surface area contributed by atoms with E-state index in [0.717, 1.165) is 25.0 Å². The Bertz CT molecular complexity index is 546. The summed E-state index contributed by atoms with van der Waals surface area (Å²) in [6, 6.07) is 0. The zero-order chi connectivity index (χ0) is 13.7. The van der Waals surface area contributed by atoms with Gasteiger partial charge in [0.25, 0.3) is 0 Å². The molecule has 0 aliphatic heterocycles. The van der Waals surface area contributed by atoms with Crippen molar-refractivity contribution in [1.82, 2.24) is 25.2 Å². The largest absolute Gasteiger partial charge is 0.462 e. The van der Waals surface area contributed by atoms with Gasteiger partial charge in [0.05, 0.1) is 24.7 Å². The first kappa shape index (κ1) is 13.3. The van der Waals surface area contributed by atoms with Gasteiger partial charge in [-0.2, -0.15) is 5.10 Å². The molecule has 0 aliphatic rings. The Kier molecular flexibility index (Phi) is 4.27. The number of hydrogen-bond donors (Lipinski definition) is 1. The zero-order valence-corrected chi connectivity index (χ0v) is 11.1. The van der Waals surface area contributed by atoms with Gasteiger partial charge in [-0.05, 0) is 19.8 Å². The van der Waals surface area contributed by atoms with E-state index in [4.69, 9.17) is 4.74 Å². The number of rotatable bonds is 6. The van der Waals surface area contributed by atoms with Crippen molar-refractivity contribution < 1.29 is 9.53 Å². The number of nitrogens with one attached hydrogen (secondary N) is 1. The van der Waals surface area contributed by atoms with Crippen LogP contribution in [-0.2, 0) is 11.2 Å². The van der Waals surface area contributed by atoms with E-state index in [9.17, 15) is 4.79 Å². The predicted molar refractivity (Wildman–Crippen MR) is 68.1 cm³/mol. The highest BCUT2D eigenvalue weighted by Gasteiger charge is 2.17. The number of nitrogens with zero attached hydrogens (tertiary/aromatic N) is 4. The van der Waals surface area contributed by atoms with Crippen molar-refractivity contribution in [1.29, 1.82) is 0 Å². The molecule has 7 heteroatoms. The Labute approximate surface area is 111 Å². The number of esters is 1. The first-order valence-electron chi connectivity index (χ1n) is 6.38. The topological polar surface area (TPSA) is 85.7 Å². The highest BCUT2D eigenvalue weighted by Crippen LogP contribution is 2.12. The number of carbonyl (C=O) groups excluding carboxylic acids is 1. The highest BCUT2D eigenvalue weighted by molar-refractivity contribution is 5.92. The lowest BCUT2D eigenvalue weighted by Crippen LogP contribution is -2.08. The van der Waals surface area contributed by atoms with Crippen molar-refractivity contribution in [2.24, 2.45) is 0 Å². The van der Waals surface area contributed by atoms with Gasteiger partial charge in [-0.3, -0.25) is 5.10 Å². The van der Waals surface area contributed by atoms with Crippen molar-refractivity contribution in [3.05, 3.63) is 23.7 Å². The fraction of sp³-hybridized carbons (Fsp3) is 0.500. The van der Waals surface area contributed by atoms with Crippen LogP contribution in [0.4, 0.5) is 0 Å². The number of carbonyl (C=O) groups is 1. The van der Waals surface area contributed by atoms with Crippen LogP contribution in [0, 0.1) is 0 Å². The minimum Gasteiger partial charge on any atom is -0.462 e. The molecule has 2 rings (SSSR count). The number of aryl methyl sites for hydroxylation is 1. The summed E-state index contributed by atoms with van der Waals surface area (Å²) < 4.78 is 6.48. The number of hydrogen-bond acceptors (Lipinski definition) is 5. The van der Waals surface area contributed by atoms with Crippen LogP contribution in [-0.4, -0.2) is 37.8 Å². The second-order valence-electron chi connectivity index (χ2n) is 4.11. The maximum atomic E-state index is 11.7. The van der Waals surface area contributed by atoms with Crippen LogP contribution in [0.15, 0.2) is 12.4 Å². The van der Waals surface area contributed by atoms with Gasteiger partial charge >= 0.3 is 5.97 Å². The molecule has 2 aromatic heterocycles. The van der Waals surface area contributed by atoms with Crippen LogP contribution < -0.4 is 0 Å². The van der Waals surface area contributed by atoms with Gasteiger partial charge in [0.15, 0.2) is 5.82 Å². The second kappa shape index (κ2) is 6.12. The summed E-state index contributed by atoms with van der Waals surface area (Å²) >= 11 is 0. The standard InChI is InChI=1S/C12H17N5O2/c1-3-5-6-9-8-17(16-14-9)11-10(7-13-15-11)12(18)19-4-2/h7-8H,3-6H2,1-2H3,(H,13,15). The number of ether oxygens (including phenoxy) is 1. The number of aromatic nitrogens is 5. The molecule has 0 bridgehead atoms. The smallest absolute Gasteiger partial charge is 0.343 e. The lowest BCUT2D eigenvalue weighted by atomic mass is 10.2. The molecule has 0 atom stereocenters. The fourth-order valence-corrected chi connectivity index (χ4v) is 1.69. The van der Waals surface area contributed by atoms with E-state index in [1.165, 1.54) is 10.9 Å². The molecule has 0 amide bonds. The maximum absolute atomic E-state index is 11.7. The van der Waals surface area contributed by atoms with Gasteiger partial charge in [0.1, 0.15) is 5.56 Å². The molecule has 0 radical (unpaired) electrons. The Morgan fingerprint density at radius 1 is 1.47 bits per heavy atom. The highest BCUT2D eigenvalue weighted by atomic mass is 16.5. The average Bonchev–Trinajstić information content (AvgIpc) is 3.05. The summed E-state index contributed by atoms with van der Waals surface area (Å²) in [4.78, 5) is 11.7. The van der Waals surface area contributed by atoms with Gasteiger partial charge < -0.3 is 4.74 Å². The molecule has 0 saturated heterocycles. The van der Waals surface area contributed by atoms with Crippen molar-refractivity contribution in [3.63, 3.8) is 0 Å². The minimum atomic E-state index is -0.420. The van der Waals surface area contributed by atoms with Crippen LogP contribution in [0.3, 0.4) is 0 Å². The molecule has 2 aromatic rings. The molecule has 1 N–H and O–H groups in total. The number of H-pyrrole nitrogens is 1. The maximum Gasteiger partial charge on any atom is 0.343 e. The van der Waals surface area contributed by atoms with Crippen LogP contribution in [0.5, 0.6) is 0 Å². The summed E-state index contributed by atoms with van der Waals surface area (Å²) in [5.74, 6) is 0.0607. The normalized spacial score (nSPS) is 10.6. The van der Waals surface area contributed by atoms with Gasteiger partial charge in [-0.25, -0.2) is 9.48 Å². The Balaban J connectivity index is 2.20. The summed E-state index contributed by atoms with van der Waals surface area (Å²) in [6.45, 7) is 4.21. The Morgan fingerprint density at radius 2 is 2.32 bits per heavy atom. The summed E-state index contributed by atoms with van der Waals surface area (Å²) in [5.41, 5.74) is 1.25. The van der Waals surface area contributed by atoms with Crippen molar-refractivity contribution >= 4 is 5.97 Å². The molecule has 7 nitrogen and oxygen atoms in total. The first-order chi connectivity index (χ1) is 9.26. The van der Waals surface area contributed by atoms with Crippen LogP contribution in [0.1, 0.15) is 42.7 Å². The third-order valence-corrected chi connectivity index (χ3v) is 2.67. The molecule has 0 saturated carbocycles. The summed E-state index contributed by atoms with van der Waals surface area (Å²) in [7, 11) is 0. The SMILES string of the molecule is CCCCc1cn(-c2[nH]ncc2C(=O)OCC)nn1. The molecule has 0 unspecified atom stereocenters. The molecule has 0 fully saturated rings. The average molecular weight is 263 g/mol. The second-order valence-corrected chi connectivity index (χ2v) is 4.11. The van der Waals surface area contributed by atoms with Crippen LogP contribution >= 0.6 is 0 Å². The quantitative estimate of drug-likeness (QED) is 0.798. The van der Waals surface area contributed by atoms with E-state index in [1.807, 2.05) is 0 Å². The van der Waals surface area contributed by atoms with Crippen LogP contribution in [0.25, 0.3) is 5.82 Å². The first-order valence-corrected chi connectivity index (χ1v) is 6.38. The predicted octanol–water partition coefficient (Wildman–Crippen LogP) is 1.51. The lowest BCUT2D eigenvalue weighted by molar-refractivity contribution is 0.0526. The molecule has 0 aromatic carbocycles. The third kappa shape index (κ3) is 2.98. The van der Waals surface area contributed by atoms with E-state index in [2.05, 4.69) is 27.4 Å². The molecular formula is C12H17N5O2. The van der Waals surface area contributed by atoms with Crippen molar-refractivity contribution in [2.45, 2.75) is 33.1 Å². The summed E-state index contributed by atoms with van der Waals surface area (Å²) in [5, 5.41) is 14.7. The molecule has 19 heavy (non-hydrogen) atoms. The summed E-state index contributed by atoms with van der Waals surface area (Å²) in [6.07, 6.45) is 6.27. The van der Waals surface area contributed by atoms with Crippen LogP contribution in [0.2, 0.25) is 0 Å².